The number of aromatic nitrogens is 1. The van der Waals surface area contributed by atoms with Crippen LogP contribution in [0.15, 0.2) is 72.8 Å². The van der Waals surface area contributed by atoms with Gasteiger partial charge in [0.2, 0.25) is 5.91 Å². The summed E-state index contributed by atoms with van der Waals surface area (Å²) in [7, 11) is 1.68. The summed E-state index contributed by atoms with van der Waals surface area (Å²) in [6.07, 6.45) is 5.20. The second kappa shape index (κ2) is 10.3. The summed E-state index contributed by atoms with van der Waals surface area (Å²) in [6.45, 7) is 0.830. The van der Waals surface area contributed by atoms with Crippen molar-refractivity contribution in [3.8, 4) is 5.75 Å². The fourth-order valence-corrected chi connectivity index (χ4v) is 4.38. The van der Waals surface area contributed by atoms with Crippen LogP contribution < -0.4 is 4.74 Å². The number of amides is 1. The van der Waals surface area contributed by atoms with E-state index in [0.717, 1.165) is 55.8 Å². The van der Waals surface area contributed by atoms with Crippen LogP contribution in [0.25, 0.3) is 0 Å². The summed E-state index contributed by atoms with van der Waals surface area (Å²) in [5, 5.41) is 0. The molecule has 0 aliphatic carbocycles. The first-order valence-corrected chi connectivity index (χ1v) is 11.1. The summed E-state index contributed by atoms with van der Waals surface area (Å²) in [5.41, 5.74) is 4.49. The van der Waals surface area contributed by atoms with Crippen LogP contribution in [-0.2, 0) is 17.6 Å². The number of methoxy groups -OCH3 is 1. The topological polar surface area (TPSA) is 42.4 Å². The lowest BCUT2D eigenvalue weighted by molar-refractivity contribution is -0.132. The maximum atomic E-state index is 13.0. The highest BCUT2D eigenvalue weighted by molar-refractivity contribution is 5.77. The van der Waals surface area contributed by atoms with Gasteiger partial charge < -0.3 is 9.64 Å². The summed E-state index contributed by atoms with van der Waals surface area (Å²) in [5.74, 6) is 1.11. The van der Waals surface area contributed by atoms with Gasteiger partial charge in [-0.15, -0.1) is 0 Å². The Morgan fingerprint density at radius 1 is 1.03 bits per heavy atom. The molecule has 1 aliphatic heterocycles. The van der Waals surface area contributed by atoms with E-state index < -0.39 is 0 Å². The summed E-state index contributed by atoms with van der Waals surface area (Å²) in [6, 6.07) is 24.8. The third-order valence-corrected chi connectivity index (χ3v) is 5.96. The van der Waals surface area contributed by atoms with E-state index in [9.17, 15) is 4.79 Å². The quantitative estimate of drug-likeness (QED) is 0.498. The van der Waals surface area contributed by atoms with Crippen LogP contribution >= 0.6 is 0 Å². The Morgan fingerprint density at radius 2 is 1.84 bits per heavy atom. The van der Waals surface area contributed by atoms with Gasteiger partial charge in [0.15, 0.2) is 0 Å². The van der Waals surface area contributed by atoms with Crippen molar-refractivity contribution in [1.29, 1.82) is 0 Å². The van der Waals surface area contributed by atoms with Crippen LogP contribution in [-0.4, -0.2) is 29.4 Å². The van der Waals surface area contributed by atoms with Gasteiger partial charge in [-0.25, -0.2) is 0 Å². The Kier molecular flexibility index (Phi) is 6.98. The highest BCUT2D eigenvalue weighted by Crippen LogP contribution is 2.32. The minimum absolute atomic E-state index is 0.0921. The molecule has 0 unspecified atom stereocenters. The van der Waals surface area contributed by atoms with E-state index in [1.54, 1.807) is 7.11 Å². The van der Waals surface area contributed by atoms with Crippen LogP contribution in [0.1, 0.15) is 54.2 Å². The molecule has 3 aromatic rings. The van der Waals surface area contributed by atoms with Crippen molar-refractivity contribution in [2.24, 2.45) is 0 Å². The first-order chi connectivity index (χ1) is 15.2. The number of ether oxygens (including phenoxy) is 1. The lowest BCUT2D eigenvalue weighted by atomic mass is 10.1. The number of benzene rings is 2. The molecule has 1 amide bonds. The van der Waals surface area contributed by atoms with Crippen LogP contribution in [0.4, 0.5) is 0 Å². The molecule has 0 radical (unpaired) electrons. The predicted octanol–water partition coefficient (Wildman–Crippen LogP) is 5.37. The van der Waals surface area contributed by atoms with Crippen LogP contribution in [0, 0.1) is 0 Å². The SMILES string of the molecule is COc1cccc(Cc2cccc([C@@H]3CCCN3C(=O)CCCc3ccccc3)n2)c1. The molecule has 1 fully saturated rings. The lowest BCUT2D eigenvalue weighted by Crippen LogP contribution is -2.31. The molecule has 2 aromatic carbocycles. The van der Waals surface area contributed by atoms with Crippen molar-refractivity contribution in [3.63, 3.8) is 0 Å². The zero-order chi connectivity index (χ0) is 21.5. The molecule has 160 valence electrons. The number of carbonyl (C=O) groups excluding carboxylic acids is 1. The van der Waals surface area contributed by atoms with Crippen LogP contribution in [0.2, 0.25) is 0 Å². The van der Waals surface area contributed by atoms with E-state index >= 15 is 0 Å². The molecule has 4 heteroatoms. The molecule has 1 aromatic heterocycles. The van der Waals surface area contributed by atoms with Gasteiger partial charge in [-0.05, 0) is 61.1 Å². The number of hydrogen-bond donors (Lipinski definition) is 0. The minimum Gasteiger partial charge on any atom is -0.497 e. The molecule has 0 spiro atoms. The number of pyridine rings is 1. The van der Waals surface area contributed by atoms with Gasteiger partial charge in [-0.2, -0.15) is 0 Å². The van der Waals surface area contributed by atoms with Gasteiger partial charge in [0.05, 0.1) is 18.8 Å². The van der Waals surface area contributed by atoms with Crippen molar-refractivity contribution in [2.45, 2.75) is 44.6 Å². The lowest BCUT2D eigenvalue weighted by Gasteiger charge is -2.25. The van der Waals surface area contributed by atoms with E-state index in [-0.39, 0.29) is 11.9 Å². The molecular weight excluding hydrogens is 384 g/mol. The van der Waals surface area contributed by atoms with Crippen LogP contribution in [0.5, 0.6) is 5.75 Å². The highest BCUT2D eigenvalue weighted by Gasteiger charge is 2.30. The van der Waals surface area contributed by atoms with Gasteiger partial charge in [0, 0.05) is 25.1 Å². The van der Waals surface area contributed by atoms with E-state index in [1.165, 1.54) is 11.1 Å². The van der Waals surface area contributed by atoms with E-state index in [0.29, 0.717) is 6.42 Å². The largest absolute Gasteiger partial charge is 0.497 e. The Morgan fingerprint density at radius 3 is 2.68 bits per heavy atom. The summed E-state index contributed by atoms with van der Waals surface area (Å²) >= 11 is 0. The average Bonchev–Trinajstić information content (AvgIpc) is 3.30. The third-order valence-electron chi connectivity index (χ3n) is 5.96. The molecule has 1 saturated heterocycles. The molecule has 1 aliphatic rings. The third kappa shape index (κ3) is 5.52. The number of aryl methyl sites for hydroxylation is 1. The van der Waals surface area contributed by atoms with Crippen molar-refractivity contribution in [2.75, 3.05) is 13.7 Å². The molecular formula is C27H30N2O2. The second-order valence-electron chi connectivity index (χ2n) is 8.17. The predicted molar refractivity (Wildman–Crippen MR) is 123 cm³/mol. The Hall–Kier alpha value is -3.14. The molecule has 4 rings (SSSR count). The maximum absolute atomic E-state index is 13.0. The number of likely N-dealkylation sites (tertiary alicyclic amines) is 1. The molecule has 0 bridgehead atoms. The second-order valence-corrected chi connectivity index (χ2v) is 8.17. The van der Waals surface area contributed by atoms with E-state index in [1.807, 2.05) is 29.2 Å². The van der Waals surface area contributed by atoms with E-state index in [2.05, 4.69) is 48.5 Å². The smallest absolute Gasteiger partial charge is 0.223 e. The Labute approximate surface area is 184 Å². The number of rotatable bonds is 8. The molecule has 4 nitrogen and oxygen atoms in total. The molecule has 0 saturated carbocycles. The Balaban J connectivity index is 1.39. The maximum Gasteiger partial charge on any atom is 0.223 e. The first kappa shape index (κ1) is 21.1. The fourth-order valence-electron chi connectivity index (χ4n) is 4.38. The first-order valence-electron chi connectivity index (χ1n) is 11.1. The van der Waals surface area contributed by atoms with Gasteiger partial charge in [-0.1, -0.05) is 48.5 Å². The van der Waals surface area contributed by atoms with Crippen molar-refractivity contribution >= 4 is 5.91 Å². The molecule has 0 N–H and O–H groups in total. The minimum atomic E-state index is 0.0921. The Bertz CT molecular complexity index is 1000. The number of nitrogens with zero attached hydrogens (tertiary/aromatic N) is 2. The summed E-state index contributed by atoms with van der Waals surface area (Å²) < 4.78 is 5.33. The van der Waals surface area contributed by atoms with Crippen molar-refractivity contribution in [1.82, 2.24) is 9.88 Å². The van der Waals surface area contributed by atoms with Gasteiger partial charge in [-0.3, -0.25) is 9.78 Å². The monoisotopic (exact) mass is 414 g/mol. The van der Waals surface area contributed by atoms with E-state index in [4.69, 9.17) is 9.72 Å². The fraction of sp³-hybridized carbons (Fsp3) is 0.333. The van der Waals surface area contributed by atoms with Crippen molar-refractivity contribution < 1.29 is 9.53 Å². The highest BCUT2D eigenvalue weighted by atomic mass is 16.5. The zero-order valence-corrected chi connectivity index (χ0v) is 18.2. The van der Waals surface area contributed by atoms with Gasteiger partial charge in [0.1, 0.15) is 5.75 Å². The summed E-state index contributed by atoms with van der Waals surface area (Å²) in [4.78, 5) is 19.9. The molecule has 2 heterocycles. The van der Waals surface area contributed by atoms with Crippen molar-refractivity contribution in [3.05, 3.63) is 95.3 Å². The molecule has 31 heavy (non-hydrogen) atoms. The average molecular weight is 415 g/mol. The van der Waals surface area contributed by atoms with Gasteiger partial charge in [0.25, 0.3) is 0 Å². The van der Waals surface area contributed by atoms with Crippen LogP contribution in [0.3, 0.4) is 0 Å². The normalized spacial score (nSPS) is 15.8. The standard InChI is InChI=1S/C27H30N2O2/c1-31-24-14-5-12-22(20-24)19-23-13-7-15-25(28-23)26-16-8-18-29(26)27(30)17-6-11-21-9-3-2-4-10-21/h2-5,7,9-10,12-15,20,26H,6,8,11,16-19H2,1H3/t26-/m0/s1. The number of carbonyl (C=O) groups is 1. The number of hydrogen-bond acceptors (Lipinski definition) is 3. The van der Waals surface area contributed by atoms with Gasteiger partial charge >= 0.3 is 0 Å². The molecule has 1 atom stereocenters. The zero-order valence-electron chi connectivity index (χ0n) is 18.2.